The Balaban J connectivity index is 1.69. The zero-order chi connectivity index (χ0) is 20.3. The predicted octanol–water partition coefficient (Wildman–Crippen LogP) is 3.23. The molecule has 7 heteroatoms. The van der Waals surface area contributed by atoms with Gasteiger partial charge >= 0.3 is 0 Å². The Bertz CT molecular complexity index is 1080. The van der Waals surface area contributed by atoms with Crippen LogP contribution in [0.15, 0.2) is 48.7 Å². The van der Waals surface area contributed by atoms with Crippen LogP contribution in [0.25, 0.3) is 10.9 Å². The third kappa shape index (κ3) is 4.99. The van der Waals surface area contributed by atoms with Gasteiger partial charge in [-0.25, -0.2) is 8.42 Å². The summed E-state index contributed by atoms with van der Waals surface area (Å²) in [5.41, 5.74) is 4.78. The quantitative estimate of drug-likeness (QED) is 0.640. The molecule has 0 unspecified atom stereocenters. The maximum atomic E-state index is 12.4. The average molecular weight is 400 g/mol. The second-order valence-corrected chi connectivity index (χ2v) is 9.11. The molecule has 3 aromatic rings. The third-order valence-electron chi connectivity index (χ3n) is 4.60. The van der Waals surface area contributed by atoms with Crippen molar-refractivity contribution in [2.75, 3.05) is 24.7 Å². The molecule has 1 amide bonds. The van der Waals surface area contributed by atoms with Gasteiger partial charge in [-0.2, -0.15) is 4.31 Å². The van der Waals surface area contributed by atoms with E-state index in [1.165, 1.54) is 4.31 Å². The molecule has 0 aliphatic heterocycles. The molecule has 0 aliphatic rings. The number of carbonyl (C=O) groups excluding carboxylic acids is 1. The molecule has 148 valence electrons. The first-order valence-corrected chi connectivity index (χ1v) is 11.0. The summed E-state index contributed by atoms with van der Waals surface area (Å²) >= 11 is 0. The molecule has 0 atom stereocenters. The Hall–Kier alpha value is -2.64. The first kappa shape index (κ1) is 20.1. The van der Waals surface area contributed by atoms with Crippen molar-refractivity contribution in [3.8, 4) is 0 Å². The molecule has 0 saturated carbocycles. The molecular formula is C21H25N3O3S. The van der Waals surface area contributed by atoms with Crippen LogP contribution in [-0.2, 0) is 21.2 Å². The van der Waals surface area contributed by atoms with Gasteiger partial charge in [0.1, 0.15) is 0 Å². The van der Waals surface area contributed by atoms with Gasteiger partial charge in [0.2, 0.25) is 15.9 Å². The summed E-state index contributed by atoms with van der Waals surface area (Å²) in [5.74, 6) is -0.352. The van der Waals surface area contributed by atoms with Crippen LogP contribution in [0.3, 0.4) is 0 Å². The highest BCUT2D eigenvalue weighted by molar-refractivity contribution is 7.88. The summed E-state index contributed by atoms with van der Waals surface area (Å²) < 4.78 is 25.6. The van der Waals surface area contributed by atoms with E-state index < -0.39 is 10.0 Å². The summed E-state index contributed by atoms with van der Waals surface area (Å²) in [6.45, 7) is 3.93. The van der Waals surface area contributed by atoms with Crippen molar-refractivity contribution in [2.24, 2.45) is 0 Å². The SMILES string of the molecule is Cc1cc(C)cc(NC(=O)CN(CCc2c[nH]c3ccccc23)S(C)(=O)=O)c1. The summed E-state index contributed by atoms with van der Waals surface area (Å²) in [5, 5.41) is 3.86. The van der Waals surface area contributed by atoms with Crippen LogP contribution in [0.5, 0.6) is 0 Å². The highest BCUT2D eigenvalue weighted by Gasteiger charge is 2.20. The standard InChI is InChI=1S/C21H25N3O3S/c1-15-10-16(2)12-18(11-15)23-21(25)14-24(28(3,26)27)9-8-17-13-22-20-7-5-4-6-19(17)20/h4-7,10-13,22H,8-9,14H2,1-3H3,(H,23,25). The second-order valence-electron chi connectivity index (χ2n) is 7.13. The fourth-order valence-corrected chi connectivity index (χ4v) is 4.13. The summed E-state index contributed by atoms with van der Waals surface area (Å²) in [6, 6.07) is 13.6. The van der Waals surface area contributed by atoms with Crippen molar-refractivity contribution >= 4 is 32.5 Å². The lowest BCUT2D eigenvalue weighted by molar-refractivity contribution is -0.116. The molecule has 0 saturated heterocycles. The highest BCUT2D eigenvalue weighted by atomic mass is 32.2. The smallest absolute Gasteiger partial charge is 0.239 e. The molecule has 6 nitrogen and oxygen atoms in total. The molecule has 3 rings (SSSR count). The number of anilines is 1. The Morgan fingerprint density at radius 3 is 2.46 bits per heavy atom. The number of benzene rings is 2. The number of hydrogen-bond acceptors (Lipinski definition) is 3. The molecule has 1 heterocycles. The number of sulfonamides is 1. The molecule has 1 aromatic heterocycles. The Morgan fingerprint density at radius 1 is 1.11 bits per heavy atom. The topological polar surface area (TPSA) is 82.3 Å². The van der Waals surface area contributed by atoms with E-state index in [4.69, 9.17) is 0 Å². The zero-order valence-electron chi connectivity index (χ0n) is 16.3. The first-order chi connectivity index (χ1) is 13.2. The van der Waals surface area contributed by atoms with E-state index in [2.05, 4.69) is 10.3 Å². The number of amides is 1. The van der Waals surface area contributed by atoms with E-state index in [0.717, 1.165) is 33.8 Å². The first-order valence-electron chi connectivity index (χ1n) is 9.10. The number of aromatic nitrogens is 1. The summed E-state index contributed by atoms with van der Waals surface area (Å²) in [4.78, 5) is 15.6. The van der Waals surface area contributed by atoms with Crippen LogP contribution in [-0.4, -0.2) is 43.0 Å². The van der Waals surface area contributed by atoms with Gasteiger partial charge in [0.05, 0.1) is 12.8 Å². The van der Waals surface area contributed by atoms with Crippen LogP contribution in [0, 0.1) is 13.8 Å². The van der Waals surface area contributed by atoms with Gasteiger partial charge in [0, 0.05) is 29.3 Å². The fraction of sp³-hybridized carbons (Fsp3) is 0.286. The second kappa shape index (κ2) is 8.16. The van der Waals surface area contributed by atoms with E-state index in [9.17, 15) is 13.2 Å². The van der Waals surface area contributed by atoms with Gasteiger partial charge in [-0.1, -0.05) is 24.3 Å². The number of aryl methyl sites for hydroxylation is 2. The van der Waals surface area contributed by atoms with E-state index in [0.29, 0.717) is 12.1 Å². The molecular weight excluding hydrogens is 374 g/mol. The van der Waals surface area contributed by atoms with Crippen LogP contribution in [0.4, 0.5) is 5.69 Å². The Kier molecular flexibility index (Phi) is 5.86. The number of rotatable bonds is 7. The number of nitrogens with one attached hydrogen (secondary N) is 2. The van der Waals surface area contributed by atoms with Crippen molar-refractivity contribution in [3.05, 3.63) is 65.4 Å². The van der Waals surface area contributed by atoms with Gasteiger partial charge < -0.3 is 10.3 Å². The number of carbonyl (C=O) groups is 1. The Labute approximate surface area is 165 Å². The average Bonchev–Trinajstić information content (AvgIpc) is 3.00. The number of H-pyrrole nitrogens is 1. The molecule has 28 heavy (non-hydrogen) atoms. The van der Waals surface area contributed by atoms with Gasteiger partial charge in [-0.3, -0.25) is 4.79 Å². The maximum absolute atomic E-state index is 12.4. The lowest BCUT2D eigenvalue weighted by Crippen LogP contribution is -2.38. The van der Waals surface area contributed by atoms with Crippen molar-refractivity contribution in [3.63, 3.8) is 0 Å². The lowest BCUT2D eigenvalue weighted by atomic mass is 10.1. The zero-order valence-corrected chi connectivity index (χ0v) is 17.1. The van der Waals surface area contributed by atoms with E-state index in [1.807, 2.05) is 62.5 Å². The lowest BCUT2D eigenvalue weighted by Gasteiger charge is -2.19. The molecule has 2 N–H and O–H groups in total. The number of fused-ring (bicyclic) bond motifs is 1. The van der Waals surface area contributed by atoms with Crippen molar-refractivity contribution in [1.82, 2.24) is 9.29 Å². The number of hydrogen-bond donors (Lipinski definition) is 2. The predicted molar refractivity (Wildman–Crippen MR) is 113 cm³/mol. The van der Waals surface area contributed by atoms with Crippen molar-refractivity contribution < 1.29 is 13.2 Å². The summed E-state index contributed by atoms with van der Waals surface area (Å²) in [6.07, 6.45) is 3.54. The number of aromatic amines is 1. The van der Waals surface area contributed by atoms with Gasteiger partial charge in [0.25, 0.3) is 0 Å². The minimum atomic E-state index is -3.51. The fourth-order valence-electron chi connectivity index (χ4n) is 3.35. The van der Waals surface area contributed by atoms with Gasteiger partial charge in [-0.15, -0.1) is 0 Å². The highest BCUT2D eigenvalue weighted by Crippen LogP contribution is 2.19. The monoisotopic (exact) mass is 399 g/mol. The van der Waals surface area contributed by atoms with E-state index in [1.54, 1.807) is 0 Å². The third-order valence-corrected chi connectivity index (χ3v) is 5.85. The van der Waals surface area contributed by atoms with Crippen LogP contribution < -0.4 is 5.32 Å². The molecule has 0 aliphatic carbocycles. The maximum Gasteiger partial charge on any atom is 0.239 e. The van der Waals surface area contributed by atoms with Crippen LogP contribution in [0.1, 0.15) is 16.7 Å². The van der Waals surface area contributed by atoms with Gasteiger partial charge in [-0.05, 0) is 55.2 Å². The minimum Gasteiger partial charge on any atom is -0.361 e. The minimum absolute atomic E-state index is 0.214. The molecule has 0 radical (unpaired) electrons. The van der Waals surface area contributed by atoms with Crippen LogP contribution in [0.2, 0.25) is 0 Å². The van der Waals surface area contributed by atoms with Crippen molar-refractivity contribution in [1.29, 1.82) is 0 Å². The van der Waals surface area contributed by atoms with E-state index >= 15 is 0 Å². The van der Waals surface area contributed by atoms with Gasteiger partial charge in [0.15, 0.2) is 0 Å². The number of nitrogens with zero attached hydrogens (tertiary/aromatic N) is 1. The molecule has 0 fully saturated rings. The van der Waals surface area contributed by atoms with Crippen molar-refractivity contribution in [2.45, 2.75) is 20.3 Å². The molecule has 0 spiro atoms. The largest absolute Gasteiger partial charge is 0.361 e. The van der Waals surface area contributed by atoms with E-state index in [-0.39, 0.29) is 19.0 Å². The van der Waals surface area contributed by atoms with Crippen LogP contribution >= 0.6 is 0 Å². The summed E-state index contributed by atoms with van der Waals surface area (Å²) in [7, 11) is -3.51. The Morgan fingerprint density at radius 2 is 1.79 bits per heavy atom. The molecule has 2 aromatic carbocycles. The normalized spacial score (nSPS) is 11.9. The number of para-hydroxylation sites is 1. The molecule has 0 bridgehead atoms.